The molecular formula is C36H20N2O4. The number of hydrogen-bond acceptors (Lipinski definition) is 4. The molecule has 7 aromatic carbocycles. The Balaban J connectivity index is 1.41. The minimum atomic E-state index is -0.299. The standard InChI is InChI=1S/C36H20N2O4/c1-37-33(39)25-8-4-6-20-18(10-14-26(30(20)25)34(37)40)17-9-11-22-24-13-16-28-32-27(35(41)38(2)36(28)42)15-12-23(31(24)32)21-7-3-5-19(17)29(21)22/h3-16H,1-2H3. The van der Waals surface area contributed by atoms with Crippen LogP contribution in [0.3, 0.4) is 0 Å². The van der Waals surface area contributed by atoms with E-state index < -0.39 is 0 Å². The first-order valence-corrected chi connectivity index (χ1v) is 13.7. The maximum atomic E-state index is 13.1. The maximum Gasteiger partial charge on any atom is 0.261 e. The summed E-state index contributed by atoms with van der Waals surface area (Å²) in [6, 6.07) is 27.5. The summed E-state index contributed by atoms with van der Waals surface area (Å²) in [7, 11) is 3.04. The van der Waals surface area contributed by atoms with E-state index in [1.165, 1.54) is 23.9 Å². The molecule has 0 unspecified atom stereocenters. The highest BCUT2D eigenvalue weighted by atomic mass is 16.2. The lowest BCUT2D eigenvalue weighted by Crippen LogP contribution is -2.36. The molecule has 2 heterocycles. The Kier molecular flexibility index (Phi) is 4.16. The number of benzene rings is 7. The lowest BCUT2D eigenvalue weighted by molar-refractivity contribution is 0.0635. The third-order valence-corrected chi connectivity index (χ3v) is 9.25. The molecule has 0 N–H and O–H groups in total. The molecule has 0 bridgehead atoms. The molecule has 2 aliphatic heterocycles. The molecule has 0 aromatic heterocycles. The summed E-state index contributed by atoms with van der Waals surface area (Å²) in [5.41, 5.74) is 4.08. The molecule has 2 aliphatic rings. The monoisotopic (exact) mass is 544 g/mol. The van der Waals surface area contributed by atoms with E-state index in [1.807, 2.05) is 54.6 Å². The number of carbonyl (C=O) groups is 4. The van der Waals surface area contributed by atoms with E-state index >= 15 is 0 Å². The zero-order valence-electron chi connectivity index (χ0n) is 22.6. The van der Waals surface area contributed by atoms with E-state index in [4.69, 9.17) is 0 Å². The van der Waals surface area contributed by atoms with E-state index in [-0.39, 0.29) is 23.6 Å². The Morgan fingerprint density at radius 2 is 0.690 bits per heavy atom. The van der Waals surface area contributed by atoms with Gasteiger partial charge >= 0.3 is 0 Å². The minimum Gasteiger partial charge on any atom is -0.277 e. The fourth-order valence-electron chi connectivity index (χ4n) is 7.30. The van der Waals surface area contributed by atoms with Crippen LogP contribution >= 0.6 is 0 Å². The van der Waals surface area contributed by atoms with Gasteiger partial charge in [0.05, 0.1) is 0 Å². The second kappa shape index (κ2) is 7.56. The lowest BCUT2D eigenvalue weighted by atomic mass is 9.82. The SMILES string of the molecule is CN1C(=O)c2cccc3c(-c4ccc5c6ccc7c8c(ccc(c9cccc4c95)c86)C(=O)N(C)C7=O)ccc(c23)C1=O. The van der Waals surface area contributed by atoms with Crippen molar-refractivity contribution in [2.24, 2.45) is 0 Å². The first-order valence-electron chi connectivity index (χ1n) is 13.7. The van der Waals surface area contributed by atoms with Crippen molar-refractivity contribution in [3.8, 4) is 11.1 Å². The van der Waals surface area contributed by atoms with Crippen molar-refractivity contribution in [3.63, 3.8) is 0 Å². The van der Waals surface area contributed by atoms with E-state index in [9.17, 15) is 19.2 Å². The van der Waals surface area contributed by atoms with Crippen LogP contribution in [0.1, 0.15) is 41.4 Å². The lowest BCUT2D eigenvalue weighted by Gasteiger charge is -2.26. The molecule has 0 saturated heterocycles. The second-order valence-electron chi connectivity index (χ2n) is 11.2. The van der Waals surface area contributed by atoms with Crippen LogP contribution < -0.4 is 0 Å². The average molecular weight is 545 g/mol. The van der Waals surface area contributed by atoms with Crippen LogP contribution in [0.4, 0.5) is 0 Å². The van der Waals surface area contributed by atoms with Crippen LogP contribution in [0.15, 0.2) is 84.9 Å². The van der Waals surface area contributed by atoms with Gasteiger partial charge in [0, 0.05) is 47.1 Å². The highest BCUT2D eigenvalue weighted by Crippen LogP contribution is 2.46. The second-order valence-corrected chi connectivity index (χ2v) is 11.2. The van der Waals surface area contributed by atoms with Crippen molar-refractivity contribution in [1.29, 1.82) is 0 Å². The summed E-state index contributed by atoms with van der Waals surface area (Å²) in [5, 5.41) is 9.37. The third-order valence-electron chi connectivity index (χ3n) is 9.25. The number of rotatable bonds is 1. The number of amides is 4. The van der Waals surface area contributed by atoms with Gasteiger partial charge in [0.2, 0.25) is 0 Å². The summed E-state index contributed by atoms with van der Waals surface area (Å²) in [4.78, 5) is 54.5. The van der Waals surface area contributed by atoms with Crippen LogP contribution in [0, 0.1) is 0 Å². The smallest absolute Gasteiger partial charge is 0.261 e. The normalized spacial score (nSPS) is 15.0. The van der Waals surface area contributed by atoms with Gasteiger partial charge in [-0.2, -0.15) is 0 Å². The molecule has 42 heavy (non-hydrogen) atoms. The van der Waals surface area contributed by atoms with Crippen LogP contribution in [0.5, 0.6) is 0 Å². The summed E-state index contributed by atoms with van der Waals surface area (Å²) < 4.78 is 0. The van der Waals surface area contributed by atoms with Gasteiger partial charge in [0.15, 0.2) is 0 Å². The van der Waals surface area contributed by atoms with Gasteiger partial charge in [-0.15, -0.1) is 0 Å². The van der Waals surface area contributed by atoms with Crippen LogP contribution in [-0.4, -0.2) is 47.5 Å². The van der Waals surface area contributed by atoms with Crippen molar-refractivity contribution < 1.29 is 19.2 Å². The number of fused-ring (bicyclic) bond motifs is 2. The van der Waals surface area contributed by atoms with Gasteiger partial charge in [-0.25, -0.2) is 0 Å². The van der Waals surface area contributed by atoms with Crippen LogP contribution in [-0.2, 0) is 0 Å². The molecule has 7 aromatic rings. The summed E-state index contributed by atoms with van der Waals surface area (Å²) in [6.07, 6.45) is 0. The van der Waals surface area contributed by atoms with Gasteiger partial charge in [-0.05, 0) is 78.5 Å². The molecule has 4 amide bonds. The minimum absolute atomic E-state index is 0.290. The van der Waals surface area contributed by atoms with Crippen molar-refractivity contribution in [2.45, 2.75) is 0 Å². The fourth-order valence-corrected chi connectivity index (χ4v) is 7.30. The fraction of sp³-hybridized carbons (Fsp3) is 0.0556. The predicted octanol–water partition coefficient (Wildman–Crippen LogP) is 7.01. The molecule has 0 fully saturated rings. The first-order chi connectivity index (χ1) is 20.4. The van der Waals surface area contributed by atoms with Crippen molar-refractivity contribution in [3.05, 3.63) is 107 Å². The predicted molar refractivity (Wildman–Crippen MR) is 163 cm³/mol. The Morgan fingerprint density at radius 3 is 1.29 bits per heavy atom. The van der Waals surface area contributed by atoms with Crippen LogP contribution in [0.2, 0.25) is 0 Å². The molecule has 0 saturated carbocycles. The van der Waals surface area contributed by atoms with E-state index in [0.717, 1.165) is 54.2 Å². The molecule has 198 valence electrons. The summed E-state index contributed by atoms with van der Waals surface area (Å²) in [5.74, 6) is -1.18. The quantitative estimate of drug-likeness (QED) is 0.127. The summed E-state index contributed by atoms with van der Waals surface area (Å²) in [6.45, 7) is 0. The number of carbonyl (C=O) groups excluding carboxylic acids is 4. The summed E-state index contributed by atoms with van der Waals surface area (Å²) >= 11 is 0. The third kappa shape index (κ3) is 2.56. The molecule has 0 radical (unpaired) electrons. The molecule has 0 spiro atoms. The van der Waals surface area contributed by atoms with Crippen molar-refractivity contribution in [1.82, 2.24) is 9.80 Å². The molecule has 0 aliphatic carbocycles. The highest BCUT2D eigenvalue weighted by Gasteiger charge is 2.33. The average Bonchev–Trinajstić information content (AvgIpc) is 3.02. The van der Waals surface area contributed by atoms with Gasteiger partial charge in [-0.3, -0.25) is 29.0 Å². The van der Waals surface area contributed by atoms with E-state index in [1.54, 1.807) is 6.07 Å². The zero-order valence-corrected chi connectivity index (χ0v) is 22.6. The molecular weight excluding hydrogens is 524 g/mol. The van der Waals surface area contributed by atoms with E-state index in [0.29, 0.717) is 33.0 Å². The Labute approximate surface area is 238 Å². The maximum absolute atomic E-state index is 13.1. The zero-order chi connectivity index (χ0) is 28.6. The Hall–Kier alpha value is -5.62. The van der Waals surface area contributed by atoms with Gasteiger partial charge in [0.1, 0.15) is 0 Å². The number of nitrogens with zero attached hydrogens (tertiary/aromatic N) is 2. The van der Waals surface area contributed by atoms with Gasteiger partial charge in [-0.1, -0.05) is 60.7 Å². The molecule has 6 heteroatoms. The largest absolute Gasteiger partial charge is 0.277 e. The Morgan fingerprint density at radius 1 is 0.333 bits per heavy atom. The molecule has 6 nitrogen and oxygen atoms in total. The highest BCUT2D eigenvalue weighted by molar-refractivity contribution is 6.39. The first kappa shape index (κ1) is 23.1. The molecule has 0 atom stereocenters. The Bertz CT molecular complexity index is 2380. The van der Waals surface area contributed by atoms with Gasteiger partial charge in [0.25, 0.3) is 23.6 Å². The number of hydrogen-bond donors (Lipinski definition) is 0. The molecule has 9 rings (SSSR count). The van der Waals surface area contributed by atoms with Gasteiger partial charge < -0.3 is 0 Å². The topological polar surface area (TPSA) is 74.8 Å². The van der Waals surface area contributed by atoms with Crippen molar-refractivity contribution in [2.75, 3.05) is 14.1 Å². The van der Waals surface area contributed by atoms with Crippen LogP contribution in [0.25, 0.3) is 65.0 Å². The van der Waals surface area contributed by atoms with E-state index in [2.05, 4.69) is 24.3 Å². The van der Waals surface area contributed by atoms with Crippen molar-refractivity contribution >= 4 is 77.5 Å². The number of imide groups is 2.